The van der Waals surface area contributed by atoms with Crippen LogP contribution in [0.3, 0.4) is 0 Å². The van der Waals surface area contributed by atoms with Crippen molar-refractivity contribution >= 4 is 39.0 Å². The second-order valence-electron chi connectivity index (χ2n) is 4.44. The third-order valence-corrected chi connectivity index (χ3v) is 4.53. The molecule has 0 bridgehead atoms. The monoisotopic (exact) mass is 356 g/mol. The van der Waals surface area contributed by atoms with Gasteiger partial charge in [0.05, 0.1) is 12.2 Å². The fourth-order valence-electron chi connectivity index (χ4n) is 1.65. The van der Waals surface area contributed by atoms with Crippen molar-refractivity contribution in [3.05, 3.63) is 50.4 Å². The molecule has 0 saturated carbocycles. The Morgan fingerprint density at radius 3 is 2.80 bits per heavy atom. The lowest BCUT2D eigenvalue weighted by atomic mass is 10.3. The van der Waals surface area contributed by atoms with Crippen LogP contribution in [0, 0.1) is 12.7 Å². The quantitative estimate of drug-likeness (QED) is 0.854. The fraction of sp³-hybridized carbons (Fsp3) is 0.214. The van der Waals surface area contributed by atoms with E-state index in [0.717, 1.165) is 4.88 Å². The SMILES string of the molecule is Cc1ccsc1CN(C)C(=O)Nc1ccc(F)cc1Br. The van der Waals surface area contributed by atoms with Gasteiger partial charge in [0.25, 0.3) is 0 Å². The Morgan fingerprint density at radius 2 is 2.20 bits per heavy atom. The lowest BCUT2D eigenvalue weighted by Gasteiger charge is -2.18. The van der Waals surface area contributed by atoms with Crippen LogP contribution in [0.4, 0.5) is 14.9 Å². The lowest BCUT2D eigenvalue weighted by Crippen LogP contribution is -2.30. The summed E-state index contributed by atoms with van der Waals surface area (Å²) in [4.78, 5) is 14.8. The van der Waals surface area contributed by atoms with Gasteiger partial charge in [0.1, 0.15) is 5.82 Å². The van der Waals surface area contributed by atoms with Gasteiger partial charge in [-0.1, -0.05) is 0 Å². The molecule has 0 atom stereocenters. The van der Waals surface area contributed by atoms with Crippen LogP contribution in [0.1, 0.15) is 10.4 Å². The molecule has 0 unspecified atom stereocenters. The van der Waals surface area contributed by atoms with Crippen LogP contribution in [0.25, 0.3) is 0 Å². The largest absolute Gasteiger partial charge is 0.322 e. The highest BCUT2D eigenvalue weighted by Gasteiger charge is 2.13. The van der Waals surface area contributed by atoms with Gasteiger partial charge in [-0.2, -0.15) is 0 Å². The molecule has 6 heteroatoms. The zero-order valence-corrected chi connectivity index (χ0v) is 13.5. The zero-order valence-electron chi connectivity index (χ0n) is 11.1. The predicted octanol–water partition coefficient (Wildman–Crippen LogP) is 4.62. The first-order valence-corrected chi connectivity index (χ1v) is 7.65. The van der Waals surface area contributed by atoms with Crippen molar-refractivity contribution in [1.29, 1.82) is 0 Å². The van der Waals surface area contributed by atoms with Crippen molar-refractivity contribution in [3.8, 4) is 0 Å². The van der Waals surface area contributed by atoms with Crippen LogP contribution >= 0.6 is 27.3 Å². The van der Waals surface area contributed by atoms with Gasteiger partial charge < -0.3 is 10.2 Å². The van der Waals surface area contributed by atoms with Crippen molar-refractivity contribution in [2.45, 2.75) is 13.5 Å². The number of carbonyl (C=O) groups is 1. The van der Waals surface area contributed by atoms with Crippen LogP contribution in [-0.4, -0.2) is 18.0 Å². The normalized spacial score (nSPS) is 10.4. The molecular weight excluding hydrogens is 343 g/mol. The van der Waals surface area contributed by atoms with Crippen molar-refractivity contribution in [2.24, 2.45) is 0 Å². The van der Waals surface area contributed by atoms with Crippen molar-refractivity contribution in [2.75, 3.05) is 12.4 Å². The summed E-state index contributed by atoms with van der Waals surface area (Å²) in [7, 11) is 1.73. The summed E-state index contributed by atoms with van der Waals surface area (Å²) in [5, 5.41) is 4.75. The number of hydrogen-bond donors (Lipinski definition) is 1. The minimum atomic E-state index is -0.350. The zero-order chi connectivity index (χ0) is 14.7. The summed E-state index contributed by atoms with van der Waals surface area (Å²) in [5.41, 5.74) is 1.73. The predicted molar refractivity (Wildman–Crippen MR) is 83.6 cm³/mol. The van der Waals surface area contributed by atoms with Crippen LogP contribution in [-0.2, 0) is 6.54 Å². The summed E-state index contributed by atoms with van der Waals surface area (Å²) in [6, 6.07) is 5.96. The molecule has 1 aromatic carbocycles. The molecule has 0 aliphatic heterocycles. The van der Waals surface area contributed by atoms with E-state index >= 15 is 0 Å². The average Bonchev–Trinajstić information content (AvgIpc) is 2.78. The summed E-state index contributed by atoms with van der Waals surface area (Å²) < 4.78 is 13.5. The van der Waals surface area contributed by atoms with E-state index in [1.165, 1.54) is 23.8 Å². The number of rotatable bonds is 3. The molecule has 0 aliphatic rings. The molecule has 0 fully saturated rings. The maximum Gasteiger partial charge on any atom is 0.321 e. The van der Waals surface area contributed by atoms with Gasteiger partial charge in [0.15, 0.2) is 0 Å². The summed E-state index contributed by atoms with van der Waals surface area (Å²) in [6.07, 6.45) is 0. The molecule has 0 saturated heterocycles. The number of urea groups is 1. The van der Waals surface area contributed by atoms with E-state index in [9.17, 15) is 9.18 Å². The summed E-state index contributed by atoms with van der Waals surface area (Å²) >= 11 is 4.85. The van der Waals surface area contributed by atoms with Gasteiger partial charge in [0, 0.05) is 16.4 Å². The Bertz CT molecular complexity index is 629. The van der Waals surface area contributed by atoms with Crippen LogP contribution in [0.5, 0.6) is 0 Å². The molecule has 2 rings (SSSR count). The van der Waals surface area contributed by atoms with Gasteiger partial charge in [-0.3, -0.25) is 0 Å². The second-order valence-corrected chi connectivity index (χ2v) is 6.29. The molecule has 1 aromatic heterocycles. The van der Waals surface area contributed by atoms with Crippen LogP contribution in [0.15, 0.2) is 34.1 Å². The number of carbonyl (C=O) groups excluding carboxylic acids is 1. The molecule has 2 aromatic rings. The van der Waals surface area contributed by atoms with E-state index in [1.54, 1.807) is 23.3 Å². The Labute approximate surface area is 129 Å². The number of benzene rings is 1. The van der Waals surface area contributed by atoms with Crippen molar-refractivity contribution in [3.63, 3.8) is 0 Å². The number of anilines is 1. The second kappa shape index (κ2) is 6.37. The first kappa shape index (κ1) is 15.0. The highest BCUT2D eigenvalue weighted by molar-refractivity contribution is 9.10. The maximum absolute atomic E-state index is 13.0. The first-order chi connectivity index (χ1) is 9.47. The van der Waals surface area contributed by atoms with E-state index in [2.05, 4.69) is 21.2 Å². The number of aryl methyl sites for hydroxylation is 1. The minimum absolute atomic E-state index is 0.231. The Morgan fingerprint density at radius 1 is 1.45 bits per heavy atom. The van der Waals surface area contributed by atoms with Gasteiger partial charge in [0.2, 0.25) is 0 Å². The summed E-state index contributed by atoms with van der Waals surface area (Å²) in [5.74, 6) is -0.350. The number of amides is 2. The smallest absolute Gasteiger partial charge is 0.321 e. The van der Waals surface area contributed by atoms with Gasteiger partial charge in [-0.15, -0.1) is 11.3 Å². The van der Waals surface area contributed by atoms with E-state index in [-0.39, 0.29) is 11.8 Å². The molecule has 0 aliphatic carbocycles. The minimum Gasteiger partial charge on any atom is -0.322 e. The Kier molecular flexibility index (Phi) is 4.77. The van der Waals surface area contributed by atoms with Gasteiger partial charge in [-0.05, 0) is 58.1 Å². The molecule has 0 radical (unpaired) electrons. The van der Waals surface area contributed by atoms with E-state index in [1.807, 2.05) is 18.4 Å². The fourth-order valence-corrected chi connectivity index (χ4v) is 3.06. The number of halogens is 2. The van der Waals surface area contributed by atoms with Crippen LogP contribution < -0.4 is 5.32 Å². The number of nitrogens with one attached hydrogen (secondary N) is 1. The molecule has 0 spiro atoms. The molecule has 1 heterocycles. The lowest BCUT2D eigenvalue weighted by molar-refractivity contribution is 0.221. The van der Waals surface area contributed by atoms with Gasteiger partial charge in [-0.25, -0.2) is 9.18 Å². The Hall–Kier alpha value is -1.40. The molecule has 1 N–H and O–H groups in total. The van der Waals surface area contributed by atoms with E-state index in [0.29, 0.717) is 16.7 Å². The average molecular weight is 357 g/mol. The number of hydrogen-bond acceptors (Lipinski definition) is 2. The van der Waals surface area contributed by atoms with E-state index < -0.39 is 0 Å². The van der Waals surface area contributed by atoms with E-state index in [4.69, 9.17) is 0 Å². The first-order valence-electron chi connectivity index (χ1n) is 5.97. The maximum atomic E-state index is 13.0. The Balaban J connectivity index is 2.02. The number of nitrogens with zero attached hydrogens (tertiary/aromatic N) is 1. The molecule has 3 nitrogen and oxygen atoms in total. The standard InChI is InChI=1S/C14H14BrFN2OS/c1-9-5-6-20-13(9)8-18(2)14(19)17-12-4-3-10(16)7-11(12)15/h3-7H,8H2,1-2H3,(H,17,19). The third kappa shape index (κ3) is 3.58. The molecular formula is C14H14BrFN2OS. The molecule has 2 amide bonds. The third-order valence-electron chi connectivity index (χ3n) is 2.87. The molecule has 20 heavy (non-hydrogen) atoms. The summed E-state index contributed by atoms with van der Waals surface area (Å²) in [6.45, 7) is 2.57. The van der Waals surface area contributed by atoms with Crippen LogP contribution in [0.2, 0.25) is 0 Å². The van der Waals surface area contributed by atoms with Gasteiger partial charge >= 0.3 is 6.03 Å². The highest BCUT2D eigenvalue weighted by Crippen LogP contribution is 2.24. The number of thiophene rings is 1. The van der Waals surface area contributed by atoms with Crippen molar-refractivity contribution < 1.29 is 9.18 Å². The molecule has 106 valence electrons. The highest BCUT2D eigenvalue weighted by atomic mass is 79.9. The van der Waals surface area contributed by atoms with Crippen molar-refractivity contribution in [1.82, 2.24) is 4.90 Å². The topological polar surface area (TPSA) is 32.3 Å².